The highest BCUT2D eigenvalue weighted by atomic mass is 16.8. The van der Waals surface area contributed by atoms with Crippen LogP contribution < -0.4 is 0 Å². The topological polar surface area (TPSA) is 335 Å². The summed E-state index contributed by atoms with van der Waals surface area (Å²) in [5.41, 5.74) is -3.47. The number of aliphatic hydroxyl groups is 12. The molecule has 3 aliphatic heterocycles. The second kappa shape index (κ2) is 18.5. The summed E-state index contributed by atoms with van der Waals surface area (Å²) in [5.74, 6) is -1.62. The molecule has 0 aromatic heterocycles. The van der Waals surface area contributed by atoms with Gasteiger partial charge in [0.2, 0.25) is 0 Å². The number of hydrogen-bond acceptors (Lipinski definition) is 19. The molecule has 3 saturated heterocycles. The van der Waals surface area contributed by atoms with Gasteiger partial charge < -0.3 is 94.8 Å². The SMILES string of the molecule is C[C@H]1CC[C@]2(C(=O)O)CC[C@]3(C)C(=CC[C@@H]4[C@@]5(C)C[C@@H](O)[C@H](O[C@@H]6O[C@H](CO)[C@@H](O)[C@H](O[C@@H]7O[C@H](CO)[C@@H](O)[C@H](O)[C@H]7O)[C@H]6O[C@@H]6O[C@H](CO)[C@@H](O)[C@H](O)[C@H]6O)C(C)(C)[C@@H]5CC[C@]43C)[C@@H]2[C@]1(C)O. The molecule has 0 bridgehead atoms. The van der Waals surface area contributed by atoms with Crippen molar-refractivity contribution in [2.75, 3.05) is 19.8 Å². The Kier molecular flexibility index (Phi) is 14.3. The number of hydrogen-bond donors (Lipinski definition) is 13. The van der Waals surface area contributed by atoms with Gasteiger partial charge in [0, 0.05) is 5.92 Å². The lowest BCUT2D eigenvalue weighted by molar-refractivity contribution is -0.402. The van der Waals surface area contributed by atoms with Crippen molar-refractivity contribution >= 4 is 5.97 Å². The number of rotatable bonds is 10. The van der Waals surface area contributed by atoms with E-state index in [9.17, 15) is 71.2 Å². The molecule has 0 radical (unpaired) electrons. The molecule has 390 valence electrons. The maximum Gasteiger partial charge on any atom is 0.310 e. The summed E-state index contributed by atoms with van der Waals surface area (Å²) in [6.45, 7) is 12.1. The zero-order valence-electron chi connectivity index (χ0n) is 40.2. The highest BCUT2D eigenvalue weighted by Crippen LogP contribution is 2.76. The minimum atomic E-state index is -1.97. The summed E-state index contributed by atoms with van der Waals surface area (Å²) < 4.78 is 36.7. The van der Waals surface area contributed by atoms with Crippen LogP contribution in [0.5, 0.6) is 0 Å². The smallest absolute Gasteiger partial charge is 0.310 e. The minimum Gasteiger partial charge on any atom is -0.481 e. The predicted octanol–water partition coefficient (Wildman–Crippen LogP) is -1.35. The summed E-state index contributed by atoms with van der Waals surface area (Å²) in [7, 11) is 0. The lowest BCUT2D eigenvalue weighted by atomic mass is 9.33. The van der Waals surface area contributed by atoms with E-state index in [-0.39, 0.29) is 29.6 Å². The van der Waals surface area contributed by atoms with Crippen molar-refractivity contribution < 1.29 is 99.6 Å². The van der Waals surface area contributed by atoms with E-state index in [1.54, 1.807) is 6.92 Å². The molecule has 0 unspecified atom stereocenters. The van der Waals surface area contributed by atoms with Crippen LogP contribution in [-0.2, 0) is 33.2 Å². The molecule has 4 saturated carbocycles. The number of carboxylic acid groups (broad SMARTS) is 1. The van der Waals surface area contributed by atoms with E-state index in [4.69, 9.17) is 28.4 Å². The van der Waals surface area contributed by atoms with Gasteiger partial charge in [-0.25, -0.2) is 0 Å². The van der Waals surface area contributed by atoms with E-state index < -0.39 is 163 Å². The van der Waals surface area contributed by atoms with Crippen LogP contribution in [0.25, 0.3) is 0 Å². The van der Waals surface area contributed by atoms with Crippen LogP contribution >= 0.6 is 0 Å². The van der Waals surface area contributed by atoms with Gasteiger partial charge >= 0.3 is 5.97 Å². The molecule has 20 nitrogen and oxygen atoms in total. The standard InChI is InChI=1S/C48H78O20/c1-20-10-13-48(42(60)61)15-14-45(5)21(37(48)47(20,7)62)8-9-27-44(4)16-22(52)38(43(2,3)26(44)11-12-46(27,45)6)68-41-36(67-40-34(59)32(57)29(54)24(18-50)64-40)35(30(55)25(19-51)65-41)66-39-33(58)31(56)28(53)23(17-49)63-39/h8,20,22-41,49-59,62H,9-19H2,1-7H3,(H,60,61)/t20-,22+,23+,24+,25+,26-,27+,28+,29+,30+,31-,32-,33+,34+,35-,36+,37+,38-,39-,40-,41-,44-,45+,46+,47+,48-/m0/s1. The van der Waals surface area contributed by atoms with Crippen LogP contribution in [0.3, 0.4) is 0 Å². The van der Waals surface area contributed by atoms with Crippen LogP contribution in [-0.4, -0.2) is 202 Å². The van der Waals surface area contributed by atoms with Gasteiger partial charge in [0.05, 0.1) is 43.0 Å². The van der Waals surface area contributed by atoms with Crippen molar-refractivity contribution in [3.05, 3.63) is 11.6 Å². The maximum absolute atomic E-state index is 13.3. The normalized spacial score (nSPS) is 55.8. The van der Waals surface area contributed by atoms with Crippen molar-refractivity contribution in [1.29, 1.82) is 0 Å². The van der Waals surface area contributed by atoms with Crippen LogP contribution in [0.1, 0.15) is 99.8 Å². The largest absolute Gasteiger partial charge is 0.481 e. The van der Waals surface area contributed by atoms with Crippen molar-refractivity contribution in [2.45, 2.75) is 210 Å². The molecular weight excluding hydrogens is 897 g/mol. The Morgan fingerprint density at radius 3 is 1.72 bits per heavy atom. The fourth-order valence-electron chi connectivity index (χ4n) is 15.5. The van der Waals surface area contributed by atoms with E-state index >= 15 is 0 Å². The first-order valence-electron chi connectivity index (χ1n) is 24.6. The first-order chi connectivity index (χ1) is 31.7. The molecule has 0 spiro atoms. The van der Waals surface area contributed by atoms with Gasteiger partial charge in [-0.2, -0.15) is 0 Å². The summed E-state index contributed by atoms with van der Waals surface area (Å²) in [4.78, 5) is 13.3. The third-order valence-corrected chi connectivity index (χ3v) is 19.7. The first kappa shape index (κ1) is 52.8. The zero-order valence-corrected chi connectivity index (χ0v) is 40.2. The van der Waals surface area contributed by atoms with Crippen molar-refractivity contribution in [2.24, 2.45) is 50.7 Å². The van der Waals surface area contributed by atoms with Crippen LogP contribution in [0, 0.1) is 50.7 Å². The molecule has 8 rings (SSSR count). The quantitative estimate of drug-likeness (QED) is 0.0889. The molecule has 26 atom stereocenters. The fourth-order valence-corrected chi connectivity index (χ4v) is 15.5. The van der Waals surface area contributed by atoms with E-state index in [0.717, 1.165) is 12.0 Å². The van der Waals surface area contributed by atoms with Gasteiger partial charge in [-0.15, -0.1) is 0 Å². The number of carbonyl (C=O) groups is 1. The number of allylic oxidation sites excluding steroid dienone is 1. The van der Waals surface area contributed by atoms with Crippen LogP contribution in [0.4, 0.5) is 0 Å². The summed E-state index contributed by atoms with van der Waals surface area (Å²) in [5, 5.41) is 142. The van der Waals surface area contributed by atoms with Gasteiger partial charge in [-0.3, -0.25) is 4.79 Å². The number of carboxylic acids is 1. The lowest BCUT2D eigenvalue weighted by Crippen LogP contribution is -2.70. The molecular formula is C48H78O20. The van der Waals surface area contributed by atoms with E-state index in [1.807, 2.05) is 20.8 Å². The molecule has 0 aromatic rings. The van der Waals surface area contributed by atoms with E-state index in [1.165, 1.54) is 0 Å². The predicted molar refractivity (Wildman–Crippen MR) is 233 cm³/mol. The Hall–Kier alpha value is -1.51. The molecule has 8 aliphatic rings. The van der Waals surface area contributed by atoms with E-state index in [0.29, 0.717) is 38.5 Å². The Balaban J connectivity index is 1.12. The zero-order chi connectivity index (χ0) is 50.0. The molecule has 68 heavy (non-hydrogen) atoms. The molecule has 20 heteroatoms. The minimum absolute atomic E-state index is 0.0131. The number of aliphatic carboxylic acids is 1. The number of fused-ring (bicyclic) bond motifs is 7. The fraction of sp³-hybridized carbons (Fsp3) is 0.938. The third-order valence-electron chi connectivity index (χ3n) is 19.7. The van der Waals surface area contributed by atoms with Gasteiger partial charge in [0.25, 0.3) is 0 Å². The second-order valence-corrected chi connectivity index (χ2v) is 23.3. The van der Waals surface area contributed by atoms with Crippen molar-refractivity contribution in [1.82, 2.24) is 0 Å². The lowest BCUT2D eigenvalue weighted by Gasteiger charge is -2.72. The molecule has 13 N–H and O–H groups in total. The highest BCUT2D eigenvalue weighted by Gasteiger charge is 2.72. The van der Waals surface area contributed by atoms with E-state index in [2.05, 4.69) is 26.8 Å². The van der Waals surface area contributed by atoms with Crippen LogP contribution in [0.15, 0.2) is 11.6 Å². The monoisotopic (exact) mass is 975 g/mol. The van der Waals surface area contributed by atoms with Gasteiger partial charge in [0.1, 0.15) is 73.2 Å². The summed E-state index contributed by atoms with van der Waals surface area (Å²) >= 11 is 0. The van der Waals surface area contributed by atoms with Gasteiger partial charge in [-0.1, -0.05) is 53.2 Å². The number of ether oxygens (including phenoxy) is 6. The van der Waals surface area contributed by atoms with Crippen molar-refractivity contribution in [3.63, 3.8) is 0 Å². The Morgan fingerprint density at radius 2 is 1.18 bits per heavy atom. The maximum atomic E-state index is 13.3. The average molecular weight is 975 g/mol. The molecule has 5 aliphatic carbocycles. The molecule has 3 heterocycles. The first-order valence-corrected chi connectivity index (χ1v) is 24.6. The molecule has 7 fully saturated rings. The Bertz CT molecular complexity index is 1860. The third kappa shape index (κ3) is 7.81. The number of aliphatic hydroxyl groups excluding tert-OH is 11. The average Bonchev–Trinajstić information content (AvgIpc) is 3.28. The van der Waals surface area contributed by atoms with Crippen molar-refractivity contribution in [3.8, 4) is 0 Å². The summed E-state index contributed by atoms with van der Waals surface area (Å²) in [6, 6.07) is 0. The Morgan fingerprint density at radius 1 is 0.647 bits per heavy atom. The van der Waals surface area contributed by atoms with Gasteiger partial charge in [-0.05, 0) is 97.7 Å². The summed E-state index contributed by atoms with van der Waals surface area (Å²) in [6.07, 6.45) is -21.9. The Labute approximate surface area is 396 Å². The molecule has 0 amide bonds. The van der Waals surface area contributed by atoms with Gasteiger partial charge in [0.15, 0.2) is 18.9 Å². The molecule has 0 aromatic carbocycles. The van der Waals surface area contributed by atoms with Crippen LogP contribution in [0.2, 0.25) is 0 Å². The second-order valence-electron chi connectivity index (χ2n) is 23.3. The highest BCUT2D eigenvalue weighted by molar-refractivity contribution is 5.77.